The minimum Gasteiger partial charge on any atom is -0.493 e. The fourth-order valence-electron chi connectivity index (χ4n) is 3.21. The van der Waals surface area contributed by atoms with Crippen LogP contribution in [0.2, 0.25) is 0 Å². The Morgan fingerprint density at radius 3 is 2.27 bits per heavy atom. The Labute approximate surface area is 183 Å². The number of unbranched alkanes of at least 4 members (excludes halogenated alkanes) is 2. The van der Waals surface area contributed by atoms with Gasteiger partial charge in [-0.15, -0.1) is 0 Å². The van der Waals surface area contributed by atoms with E-state index in [9.17, 15) is 9.59 Å². The van der Waals surface area contributed by atoms with Crippen molar-refractivity contribution in [3.8, 4) is 5.75 Å². The van der Waals surface area contributed by atoms with Crippen LogP contribution in [0.3, 0.4) is 0 Å². The van der Waals surface area contributed by atoms with Crippen LogP contribution in [-0.2, 0) is 9.59 Å². The smallest absolute Gasteiger partial charge is 0.268 e. The molecule has 1 aliphatic heterocycles. The van der Waals surface area contributed by atoms with E-state index in [4.69, 9.17) is 4.74 Å². The summed E-state index contributed by atoms with van der Waals surface area (Å²) in [6, 6.07) is 17.2. The van der Waals surface area contributed by atoms with E-state index in [2.05, 4.69) is 20.8 Å². The van der Waals surface area contributed by atoms with Crippen molar-refractivity contribution in [2.45, 2.75) is 44.9 Å². The molecule has 0 aromatic heterocycles. The summed E-state index contributed by atoms with van der Waals surface area (Å²) in [7, 11) is 0. The van der Waals surface area contributed by atoms with Crippen molar-refractivity contribution in [1.29, 1.82) is 0 Å². The number of carbonyl (C=O) groups excluding carboxylic acids is 2. The molecule has 4 nitrogen and oxygen atoms in total. The molecule has 0 atom stereocenters. The van der Waals surface area contributed by atoms with Crippen LogP contribution in [0.25, 0.3) is 5.57 Å². The van der Waals surface area contributed by atoms with Gasteiger partial charge in [-0.05, 0) is 42.2 Å². The lowest BCUT2D eigenvalue weighted by Gasteiger charge is -2.14. The molecular formula is C25H29NO3S. The minimum atomic E-state index is -0.203. The van der Waals surface area contributed by atoms with Gasteiger partial charge in [-0.25, -0.2) is 0 Å². The molecule has 1 aliphatic rings. The predicted octanol–water partition coefficient (Wildman–Crippen LogP) is 5.78. The van der Waals surface area contributed by atoms with Gasteiger partial charge in [0.15, 0.2) is 0 Å². The average molecular weight is 424 g/mol. The molecule has 2 aromatic rings. The van der Waals surface area contributed by atoms with Gasteiger partial charge in [0.05, 0.1) is 17.1 Å². The van der Waals surface area contributed by atoms with Gasteiger partial charge in [-0.1, -0.05) is 75.7 Å². The van der Waals surface area contributed by atoms with E-state index in [-0.39, 0.29) is 11.8 Å². The van der Waals surface area contributed by atoms with E-state index in [1.807, 2.05) is 54.6 Å². The van der Waals surface area contributed by atoms with Gasteiger partial charge in [0, 0.05) is 11.4 Å². The number of imide groups is 1. The summed E-state index contributed by atoms with van der Waals surface area (Å²) in [4.78, 5) is 29.2. The number of benzene rings is 2. The van der Waals surface area contributed by atoms with Crippen molar-refractivity contribution < 1.29 is 14.3 Å². The molecule has 0 saturated heterocycles. The van der Waals surface area contributed by atoms with Gasteiger partial charge >= 0.3 is 0 Å². The molecule has 5 heteroatoms. The standard InChI is InChI=1S/C25H29NO3S/c1-4-5-9-16-26-24(27)22(19-12-14-20(15-13-19)29-17-18(2)3)23(25(26)28)30-21-10-7-6-8-11-21/h6-8,10-15,18H,4-5,9,16-17H2,1-3H3. The number of rotatable bonds is 10. The number of carbonyl (C=O) groups is 2. The zero-order valence-electron chi connectivity index (χ0n) is 17.9. The second-order valence-electron chi connectivity index (χ2n) is 7.82. The molecule has 158 valence electrons. The van der Waals surface area contributed by atoms with Crippen molar-refractivity contribution in [1.82, 2.24) is 4.90 Å². The Kier molecular flexibility index (Phi) is 7.75. The Morgan fingerprint density at radius 1 is 0.933 bits per heavy atom. The number of hydrogen-bond acceptors (Lipinski definition) is 4. The SMILES string of the molecule is CCCCCN1C(=O)C(Sc2ccccc2)=C(c2ccc(OCC(C)C)cc2)C1=O. The third kappa shape index (κ3) is 5.33. The maximum atomic E-state index is 13.2. The first-order chi connectivity index (χ1) is 14.5. The Balaban J connectivity index is 1.90. The van der Waals surface area contributed by atoms with E-state index in [0.29, 0.717) is 29.5 Å². The van der Waals surface area contributed by atoms with Crippen LogP contribution in [0.1, 0.15) is 45.6 Å². The number of thioether (sulfide) groups is 1. The highest BCUT2D eigenvalue weighted by Crippen LogP contribution is 2.40. The fourth-order valence-corrected chi connectivity index (χ4v) is 4.25. The zero-order valence-corrected chi connectivity index (χ0v) is 18.7. The Hall–Kier alpha value is -2.53. The van der Waals surface area contributed by atoms with E-state index in [1.165, 1.54) is 16.7 Å². The number of ether oxygens (including phenoxy) is 1. The van der Waals surface area contributed by atoms with Gasteiger partial charge < -0.3 is 4.74 Å². The maximum Gasteiger partial charge on any atom is 0.268 e. The lowest BCUT2D eigenvalue weighted by Crippen LogP contribution is -2.32. The van der Waals surface area contributed by atoms with Crippen LogP contribution in [0.4, 0.5) is 0 Å². The summed E-state index contributed by atoms with van der Waals surface area (Å²) < 4.78 is 5.76. The topological polar surface area (TPSA) is 46.6 Å². The number of nitrogens with zero attached hydrogens (tertiary/aromatic N) is 1. The fraction of sp³-hybridized carbons (Fsp3) is 0.360. The summed E-state index contributed by atoms with van der Waals surface area (Å²) in [5.74, 6) is 0.805. The minimum absolute atomic E-state index is 0.194. The largest absolute Gasteiger partial charge is 0.493 e. The van der Waals surface area contributed by atoms with E-state index >= 15 is 0 Å². The van der Waals surface area contributed by atoms with Crippen molar-refractivity contribution in [2.75, 3.05) is 13.2 Å². The summed E-state index contributed by atoms with van der Waals surface area (Å²) >= 11 is 1.36. The summed E-state index contributed by atoms with van der Waals surface area (Å²) in [5, 5.41) is 0. The maximum absolute atomic E-state index is 13.2. The molecule has 0 N–H and O–H groups in total. The van der Waals surface area contributed by atoms with Gasteiger partial charge in [0.1, 0.15) is 5.75 Å². The van der Waals surface area contributed by atoms with Crippen molar-refractivity contribution >= 4 is 29.1 Å². The monoisotopic (exact) mass is 423 g/mol. The Morgan fingerprint density at radius 2 is 1.63 bits per heavy atom. The molecular weight excluding hydrogens is 394 g/mol. The lowest BCUT2D eigenvalue weighted by molar-refractivity contribution is -0.136. The molecule has 0 fully saturated rings. The first-order valence-corrected chi connectivity index (χ1v) is 11.4. The number of hydrogen-bond donors (Lipinski definition) is 0. The van der Waals surface area contributed by atoms with Gasteiger partial charge in [-0.3, -0.25) is 14.5 Å². The van der Waals surface area contributed by atoms with Crippen LogP contribution >= 0.6 is 11.8 Å². The second-order valence-corrected chi connectivity index (χ2v) is 8.90. The van der Waals surface area contributed by atoms with E-state index in [1.54, 1.807) is 0 Å². The van der Waals surface area contributed by atoms with Gasteiger partial charge in [0.25, 0.3) is 11.8 Å². The van der Waals surface area contributed by atoms with Crippen molar-refractivity contribution in [3.63, 3.8) is 0 Å². The quantitative estimate of drug-likeness (QED) is 0.359. The average Bonchev–Trinajstić information content (AvgIpc) is 2.98. The van der Waals surface area contributed by atoms with E-state index < -0.39 is 0 Å². The van der Waals surface area contributed by atoms with Crippen LogP contribution in [0, 0.1) is 5.92 Å². The summed E-state index contributed by atoms with van der Waals surface area (Å²) in [6.45, 7) is 7.41. The molecule has 2 aromatic carbocycles. The predicted molar refractivity (Wildman–Crippen MR) is 122 cm³/mol. The van der Waals surface area contributed by atoms with Crippen molar-refractivity contribution in [2.24, 2.45) is 5.92 Å². The molecule has 0 bridgehead atoms. The van der Waals surface area contributed by atoms with Gasteiger partial charge in [-0.2, -0.15) is 0 Å². The number of amides is 2. The highest BCUT2D eigenvalue weighted by molar-refractivity contribution is 8.04. The van der Waals surface area contributed by atoms with Gasteiger partial charge in [0.2, 0.25) is 0 Å². The summed E-state index contributed by atoms with van der Waals surface area (Å²) in [6.07, 6.45) is 2.86. The third-order valence-corrected chi connectivity index (χ3v) is 5.89. The molecule has 2 amide bonds. The first kappa shape index (κ1) is 22.2. The molecule has 0 unspecified atom stereocenters. The first-order valence-electron chi connectivity index (χ1n) is 10.6. The third-order valence-electron chi connectivity index (χ3n) is 4.80. The Bertz CT molecular complexity index is 904. The van der Waals surface area contributed by atoms with Crippen molar-refractivity contribution in [3.05, 3.63) is 65.1 Å². The molecule has 1 heterocycles. The molecule has 30 heavy (non-hydrogen) atoms. The molecule has 0 radical (unpaired) electrons. The molecule has 0 saturated carbocycles. The summed E-state index contributed by atoms with van der Waals surface area (Å²) in [5.41, 5.74) is 1.24. The molecule has 0 aliphatic carbocycles. The lowest BCUT2D eigenvalue weighted by atomic mass is 10.1. The van der Waals surface area contributed by atoms with Crippen LogP contribution in [0.15, 0.2) is 64.4 Å². The van der Waals surface area contributed by atoms with Crippen LogP contribution in [-0.4, -0.2) is 29.9 Å². The zero-order chi connectivity index (χ0) is 21.5. The van der Waals surface area contributed by atoms with E-state index in [0.717, 1.165) is 35.5 Å². The highest BCUT2D eigenvalue weighted by Gasteiger charge is 2.39. The second kappa shape index (κ2) is 10.5. The molecule has 0 spiro atoms. The van der Waals surface area contributed by atoms with Crippen LogP contribution in [0.5, 0.6) is 5.75 Å². The molecule has 3 rings (SSSR count). The highest BCUT2D eigenvalue weighted by atomic mass is 32.2. The van der Waals surface area contributed by atoms with Crippen LogP contribution < -0.4 is 4.74 Å². The normalized spacial score (nSPS) is 14.2.